The molecular weight excluding hydrogens is 262 g/mol. The van der Waals surface area contributed by atoms with Crippen molar-refractivity contribution in [1.82, 2.24) is 5.32 Å². The van der Waals surface area contributed by atoms with E-state index in [1.165, 1.54) is 36.0 Å². The van der Waals surface area contributed by atoms with Crippen LogP contribution in [-0.4, -0.2) is 19.3 Å². The monoisotopic (exact) mass is 289 g/mol. The first-order valence-corrected chi connectivity index (χ1v) is 8.41. The van der Waals surface area contributed by atoms with E-state index in [4.69, 9.17) is 9.47 Å². The number of nitrogens with one attached hydrogen (secondary N) is 1. The van der Waals surface area contributed by atoms with Gasteiger partial charge in [0.1, 0.15) is 0 Å². The summed E-state index contributed by atoms with van der Waals surface area (Å²) in [5.41, 5.74) is 4.13. The first-order chi connectivity index (χ1) is 10.4. The van der Waals surface area contributed by atoms with E-state index in [0.29, 0.717) is 12.1 Å². The molecule has 0 aromatic heterocycles. The molecule has 2 heterocycles. The number of hydrogen-bond acceptors (Lipinski definition) is 3. The van der Waals surface area contributed by atoms with Gasteiger partial charge < -0.3 is 14.8 Å². The van der Waals surface area contributed by atoms with E-state index in [9.17, 15) is 0 Å². The van der Waals surface area contributed by atoms with Crippen molar-refractivity contribution in [1.29, 1.82) is 0 Å². The molecule has 1 saturated heterocycles. The Morgan fingerprint density at radius 3 is 3.00 bits per heavy atom. The molecule has 0 aliphatic carbocycles. The summed E-state index contributed by atoms with van der Waals surface area (Å²) in [4.78, 5) is 0. The molecule has 3 heteroatoms. The van der Waals surface area contributed by atoms with E-state index < -0.39 is 0 Å². The lowest BCUT2D eigenvalue weighted by Crippen LogP contribution is -2.23. The van der Waals surface area contributed by atoms with Gasteiger partial charge in [0.2, 0.25) is 0 Å². The third-order valence-electron chi connectivity index (χ3n) is 4.59. The Kier molecular flexibility index (Phi) is 5.28. The number of benzene rings is 1. The van der Waals surface area contributed by atoms with E-state index in [1.54, 1.807) is 0 Å². The van der Waals surface area contributed by atoms with Crippen LogP contribution in [0.5, 0.6) is 0 Å². The third-order valence-corrected chi connectivity index (χ3v) is 4.59. The Labute approximate surface area is 128 Å². The maximum absolute atomic E-state index is 5.77. The molecule has 0 bridgehead atoms. The number of hydrogen-bond donors (Lipinski definition) is 1. The lowest BCUT2D eigenvalue weighted by atomic mass is 9.96. The van der Waals surface area contributed by atoms with E-state index in [-0.39, 0.29) is 0 Å². The van der Waals surface area contributed by atoms with Crippen LogP contribution in [0, 0.1) is 0 Å². The second kappa shape index (κ2) is 7.39. The molecule has 0 radical (unpaired) electrons. The predicted molar refractivity (Wildman–Crippen MR) is 84.2 cm³/mol. The SMILES string of the molecule is CCCNC(CCC1CCCO1)c1ccc2c(c1)COC2. The fourth-order valence-electron chi connectivity index (χ4n) is 3.34. The van der Waals surface area contributed by atoms with Crippen LogP contribution in [0.2, 0.25) is 0 Å². The van der Waals surface area contributed by atoms with Gasteiger partial charge in [-0.1, -0.05) is 25.1 Å². The van der Waals surface area contributed by atoms with Crippen molar-refractivity contribution in [2.75, 3.05) is 13.2 Å². The van der Waals surface area contributed by atoms with Crippen LogP contribution in [0.25, 0.3) is 0 Å². The Balaban J connectivity index is 1.65. The maximum atomic E-state index is 5.77. The minimum absolute atomic E-state index is 0.444. The molecule has 2 aliphatic heterocycles. The summed E-state index contributed by atoms with van der Waals surface area (Å²) in [5, 5.41) is 3.70. The first kappa shape index (κ1) is 15.0. The summed E-state index contributed by atoms with van der Waals surface area (Å²) < 4.78 is 11.3. The topological polar surface area (TPSA) is 30.5 Å². The standard InChI is InChI=1S/C18H27NO2/c1-2-9-19-18(8-7-17-4-3-10-21-17)14-5-6-15-12-20-13-16(15)11-14/h5-6,11,17-19H,2-4,7-10,12-13H2,1H3. The van der Waals surface area contributed by atoms with Crippen molar-refractivity contribution in [2.24, 2.45) is 0 Å². The highest BCUT2D eigenvalue weighted by molar-refractivity contribution is 5.34. The normalized spacial score (nSPS) is 22.4. The molecule has 1 aromatic rings. The highest BCUT2D eigenvalue weighted by Crippen LogP contribution is 2.28. The summed E-state index contributed by atoms with van der Waals surface area (Å²) in [6.07, 6.45) is 6.43. The number of ether oxygens (including phenoxy) is 2. The van der Waals surface area contributed by atoms with Crippen molar-refractivity contribution in [3.8, 4) is 0 Å². The van der Waals surface area contributed by atoms with Gasteiger partial charge in [0.05, 0.1) is 19.3 Å². The zero-order valence-electron chi connectivity index (χ0n) is 13.1. The maximum Gasteiger partial charge on any atom is 0.0725 e. The summed E-state index contributed by atoms with van der Waals surface area (Å²) >= 11 is 0. The van der Waals surface area contributed by atoms with Gasteiger partial charge in [0, 0.05) is 12.6 Å². The highest BCUT2D eigenvalue weighted by Gasteiger charge is 2.20. The van der Waals surface area contributed by atoms with Gasteiger partial charge in [0.15, 0.2) is 0 Å². The van der Waals surface area contributed by atoms with Gasteiger partial charge >= 0.3 is 0 Å². The van der Waals surface area contributed by atoms with Crippen LogP contribution >= 0.6 is 0 Å². The van der Waals surface area contributed by atoms with Gasteiger partial charge in [-0.05, 0) is 55.3 Å². The summed E-state index contributed by atoms with van der Waals surface area (Å²) in [6.45, 7) is 5.80. The van der Waals surface area contributed by atoms with Crippen LogP contribution in [0.15, 0.2) is 18.2 Å². The third kappa shape index (κ3) is 3.85. The van der Waals surface area contributed by atoms with Crippen LogP contribution < -0.4 is 5.32 Å². The Morgan fingerprint density at radius 2 is 2.19 bits per heavy atom. The first-order valence-electron chi connectivity index (χ1n) is 8.41. The van der Waals surface area contributed by atoms with E-state index in [2.05, 4.69) is 30.4 Å². The molecule has 0 spiro atoms. The largest absolute Gasteiger partial charge is 0.378 e. The molecular formula is C18H27NO2. The highest BCUT2D eigenvalue weighted by atomic mass is 16.5. The van der Waals surface area contributed by atoms with Crippen LogP contribution in [0.4, 0.5) is 0 Å². The van der Waals surface area contributed by atoms with Gasteiger partial charge in [-0.2, -0.15) is 0 Å². The number of rotatable bonds is 7. The molecule has 2 unspecified atom stereocenters. The average Bonchev–Trinajstić information content (AvgIpc) is 3.17. The molecule has 3 nitrogen and oxygen atoms in total. The van der Waals surface area contributed by atoms with E-state index in [1.807, 2.05) is 0 Å². The van der Waals surface area contributed by atoms with Gasteiger partial charge in [-0.15, -0.1) is 0 Å². The average molecular weight is 289 g/mol. The van der Waals surface area contributed by atoms with Crippen molar-refractivity contribution in [3.63, 3.8) is 0 Å². The molecule has 116 valence electrons. The summed E-state index contributed by atoms with van der Waals surface area (Å²) in [6, 6.07) is 7.30. The van der Waals surface area contributed by atoms with Crippen LogP contribution in [-0.2, 0) is 22.7 Å². The van der Waals surface area contributed by atoms with E-state index >= 15 is 0 Å². The van der Waals surface area contributed by atoms with Crippen molar-refractivity contribution >= 4 is 0 Å². The smallest absolute Gasteiger partial charge is 0.0725 e. The lowest BCUT2D eigenvalue weighted by molar-refractivity contribution is 0.0996. The molecule has 2 atom stereocenters. The van der Waals surface area contributed by atoms with Gasteiger partial charge in [-0.3, -0.25) is 0 Å². The minimum Gasteiger partial charge on any atom is -0.378 e. The van der Waals surface area contributed by atoms with Crippen molar-refractivity contribution in [3.05, 3.63) is 34.9 Å². The fourth-order valence-corrected chi connectivity index (χ4v) is 3.34. The Hall–Kier alpha value is -0.900. The van der Waals surface area contributed by atoms with Crippen molar-refractivity contribution in [2.45, 2.75) is 64.4 Å². The van der Waals surface area contributed by atoms with Gasteiger partial charge in [0.25, 0.3) is 0 Å². The molecule has 0 saturated carbocycles. The van der Waals surface area contributed by atoms with Gasteiger partial charge in [-0.25, -0.2) is 0 Å². The second-order valence-corrected chi connectivity index (χ2v) is 6.24. The minimum atomic E-state index is 0.444. The molecule has 1 N–H and O–H groups in total. The molecule has 0 amide bonds. The Morgan fingerprint density at radius 1 is 1.29 bits per heavy atom. The van der Waals surface area contributed by atoms with Crippen LogP contribution in [0.3, 0.4) is 0 Å². The summed E-state index contributed by atoms with van der Waals surface area (Å²) in [7, 11) is 0. The van der Waals surface area contributed by atoms with Crippen LogP contribution in [0.1, 0.15) is 61.8 Å². The quantitative estimate of drug-likeness (QED) is 0.830. The number of fused-ring (bicyclic) bond motifs is 1. The Bertz CT molecular complexity index is 455. The summed E-state index contributed by atoms with van der Waals surface area (Å²) in [5.74, 6) is 0. The predicted octanol–water partition coefficient (Wildman–Crippen LogP) is 3.72. The van der Waals surface area contributed by atoms with E-state index in [0.717, 1.165) is 39.2 Å². The molecule has 21 heavy (non-hydrogen) atoms. The molecule has 2 aliphatic rings. The zero-order valence-corrected chi connectivity index (χ0v) is 13.1. The lowest BCUT2D eigenvalue weighted by Gasteiger charge is -2.21. The zero-order chi connectivity index (χ0) is 14.5. The molecule has 1 aromatic carbocycles. The molecule has 1 fully saturated rings. The molecule has 3 rings (SSSR count). The second-order valence-electron chi connectivity index (χ2n) is 6.24. The van der Waals surface area contributed by atoms with Crippen molar-refractivity contribution < 1.29 is 9.47 Å². The fraction of sp³-hybridized carbons (Fsp3) is 0.667.